The minimum Gasteiger partial charge on any atom is -0.494 e. The molecule has 0 bridgehead atoms. The highest BCUT2D eigenvalue weighted by Gasteiger charge is 2.24. The molecule has 0 aromatic heterocycles. The van der Waals surface area contributed by atoms with Crippen molar-refractivity contribution in [2.75, 3.05) is 38.7 Å². The summed E-state index contributed by atoms with van der Waals surface area (Å²) in [7, 11) is 3.22. The summed E-state index contributed by atoms with van der Waals surface area (Å²) >= 11 is 0. The van der Waals surface area contributed by atoms with Gasteiger partial charge < -0.3 is 14.5 Å². The van der Waals surface area contributed by atoms with Crippen LogP contribution in [-0.2, 0) is 4.79 Å². The number of nitro groups is 1. The Kier molecular flexibility index (Phi) is 3.55. The molecule has 0 unspecified atom stereocenters. The quantitative estimate of drug-likeness (QED) is 0.599. The number of nitrogens with zero attached hydrogens (tertiary/aromatic N) is 3. The highest BCUT2D eigenvalue weighted by molar-refractivity contribution is 5.83. The van der Waals surface area contributed by atoms with Crippen LogP contribution < -0.4 is 9.64 Å². The third kappa shape index (κ3) is 2.59. The van der Waals surface area contributed by atoms with Crippen molar-refractivity contribution in [2.45, 2.75) is 0 Å². The van der Waals surface area contributed by atoms with E-state index in [4.69, 9.17) is 4.74 Å². The lowest BCUT2D eigenvalue weighted by molar-refractivity contribution is -0.384. The van der Waals surface area contributed by atoms with Crippen LogP contribution in [0.15, 0.2) is 18.2 Å². The molecule has 1 heterocycles. The zero-order valence-corrected chi connectivity index (χ0v) is 10.8. The normalized spacial score (nSPS) is 15.6. The van der Waals surface area contributed by atoms with Gasteiger partial charge in [-0.15, -0.1) is 0 Å². The number of carbonyl (C=O) groups excluding carboxylic acids is 1. The molecule has 2 rings (SSSR count). The fourth-order valence-electron chi connectivity index (χ4n) is 2.01. The lowest BCUT2D eigenvalue weighted by atomic mass is 10.2. The summed E-state index contributed by atoms with van der Waals surface area (Å²) in [5.74, 6) is 0.429. The number of carbonyl (C=O) groups is 1. The average molecular weight is 265 g/mol. The molecule has 0 spiro atoms. The number of methoxy groups -OCH3 is 1. The molecule has 1 aromatic carbocycles. The van der Waals surface area contributed by atoms with Crippen LogP contribution in [0.1, 0.15) is 0 Å². The summed E-state index contributed by atoms with van der Waals surface area (Å²) in [5.41, 5.74) is 0.676. The van der Waals surface area contributed by atoms with Gasteiger partial charge in [-0.25, -0.2) is 0 Å². The Balaban J connectivity index is 2.29. The van der Waals surface area contributed by atoms with E-state index in [1.54, 1.807) is 18.0 Å². The predicted molar refractivity (Wildman–Crippen MR) is 69.5 cm³/mol. The number of amides is 1. The minimum absolute atomic E-state index is 0.0201. The number of likely N-dealkylation sites (N-methyl/N-ethyl adjacent to an activating group) is 1. The molecule has 7 heteroatoms. The van der Waals surface area contributed by atoms with Crippen LogP contribution in [0.5, 0.6) is 5.75 Å². The largest absolute Gasteiger partial charge is 0.494 e. The molecule has 102 valence electrons. The van der Waals surface area contributed by atoms with E-state index in [2.05, 4.69) is 0 Å². The molecule has 1 aromatic rings. The van der Waals surface area contributed by atoms with E-state index >= 15 is 0 Å². The lowest BCUT2D eigenvalue weighted by Gasteiger charge is -2.34. The maximum atomic E-state index is 11.7. The van der Waals surface area contributed by atoms with Crippen molar-refractivity contribution in [2.24, 2.45) is 0 Å². The Bertz CT molecular complexity index is 518. The Morgan fingerprint density at radius 1 is 1.37 bits per heavy atom. The van der Waals surface area contributed by atoms with Crippen molar-refractivity contribution < 1.29 is 14.5 Å². The number of hydrogen-bond acceptors (Lipinski definition) is 5. The third-order valence-electron chi connectivity index (χ3n) is 3.17. The number of rotatable bonds is 3. The molecule has 0 saturated carbocycles. The molecule has 1 aliphatic rings. The second kappa shape index (κ2) is 5.13. The summed E-state index contributed by atoms with van der Waals surface area (Å²) in [4.78, 5) is 25.5. The summed E-state index contributed by atoms with van der Waals surface area (Å²) in [6, 6.07) is 4.41. The maximum absolute atomic E-state index is 11.7. The second-order valence-corrected chi connectivity index (χ2v) is 4.35. The molecular weight excluding hydrogens is 250 g/mol. The second-order valence-electron chi connectivity index (χ2n) is 4.35. The SMILES string of the molecule is COc1cc([N+](=O)[O-])ccc1N1CCN(C)C(=O)C1. The first kappa shape index (κ1) is 13.1. The maximum Gasteiger partial charge on any atom is 0.273 e. The van der Waals surface area contributed by atoms with E-state index in [9.17, 15) is 14.9 Å². The van der Waals surface area contributed by atoms with Crippen molar-refractivity contribution in [3.8, 4) is 5.75 Å². The number of piperazine rings is 1. The number of ether oxygens (including phenoxy) is 1. The predicted octanol–water partition coefficient (Wildman–Crippen LogP) is 0.882. The topological polar surface area (TPSA) is 75.9 Å². The van der Waals surface area contributed by atoms with E-state index in [0.29, 0.717) is 24.5 Å². The molecule has 0 N–H and O–H groups in total. The van der Waals surface area contributed by atoms with E-state index in [1.807, 2.05) is 4.90 Å². The number of benzene rings is 1. The van der Waals surface area contributed by atoms with Crippen LogP contribution in [0.4, 0.5) is 11.4 Å². The molecule has 0 atom stereocenters. The van der Waals surface area contributed by atoms with Crippen LogP contribution >= 0.6 is 0 Å². The van der Waals surface area contributed by atoms with Gasteiger partial charge in [0.15, 0.2) is 0 Å². The van der Waals surface area contributed by atoms with E-state index in [1.165, 1.54) is 19.2 Å². The molecule has 1 fully saturated rings. The van der Waals surface area contributed by atoms with Gasteiger partial charge in [-0.1, -0.05) is 0 Å². The molecule has 7 nitrogen and oxygen atoms in total. The first-order valence-electron chi connectivity index (χ1n) is 5.84. The van der Waals surface area contributed by atoms with Crippen molar-refractivity contribution in [1.82, 2.24) is 4.90 Å². The first-order chi connectivity index (χ1) is 9.02. The van der Waals surface area contributed by atoms with E-state index < -0.39 is 4.92 Å². The van der Waals surface area contributed by atoms with Crippen molar-refractivity contribution >= 4 is 17.3 Å². The van der Waals surface area contributed by atoms with Gasteiger partial charge in [-0.05, 0) is 6.07 Å². The average Bonchev–Trinajstić information content (AvgIpc) is 2.41. The molecule has 0 aliphatic carbocycles. The Morgan fingerprint density at radius 3 is 2.68 bits per heavy atom. The van der Waals surface area contributed by atoms with E-state index in [-0.39, 0.29) is 18.1 Å². The zero-order chi connectivity index (χ0) is 14.0. The summed E-state index contributed by atoms with van der Waals surface area (Å²) in [5, 5.41) is 10.7. The number of non-ortho nitro benzene ring substituents is 1. The third-order valence-corrected chi connectivity index (χ3v) is 3.17. The van der Waals surface area contributed by atoms with Gasteiger partial charge in [0, 0.05) is 26.2 Å². The lowest BCUT2D eigenvalue weighted by Crippen LogP contribution is -2.48. The van der Waals surface area contributed by atoms with Crippen LogP contribution in [-0.4, -0.2) is 49.5 Å². The number of hydrogen-bond donors (Lipinski definition) is 0. The molecule has 1 amide bonds. The summed E-state index contributed by atoms with van der Waals surface area (Å²) < 4.78 is 5.18. The first-order valence-corrected chi connectivity index (χ1v) is 5.84. The van der Waals surface area contributed by atoms with Crippen LogP contribution in [0.3, 0.4) is 0 Å². The van der Waals surface area contributed by atoms with Crippen molar-refractivity contribution in [3.63, 3.8) is 0 Å². The highest BCUT2D eigenvalue weighted by atomic mass is 16.6. The van der Waals surface area contributed by atoms with Gasteiger partial charge in [0.2, 0.25) is 5.91 Å². The van der Waals surface area contributed by atoms with Crippen molar-refractivity contribution in [3.05, 3.63) is 28.3 Å². The molecule has 1 saturated heterocycles. The number of nitro benzene ring substituents is 1. The molecule has 0 radical (unpaired) electrons. The van der Waals surface area contributed by atoms with Gasteiger partial charge in [0.05, 0.1) is 30.3 Å². The minimum atomic E-state index is -0.471. The molecular formula is C12H15N3O4. The van der Waals surface area contributed by atoms with Gasteiger partial charge in [0.1, 0.15) is 5.75 Å². The van der Waals surface area contributed by atoms with Gasteiger partial charge in [-0.2, -0.15) is 0 Å². The van der Waals surface area contributed by atoms with Crippen LogP contribution in [0.25, 0.3) is 0 Å². The molecule has 19 heavy (non-hydrogen) atoms. The Labute approximate surface area is 110 Å². The highest BCUT2D eigenvalue weighted by Crippen LogP contribution is 2.32. The molecule has 1 aliphatic heterocycles. The van der Waals surface area contributed by atoms with Gasteiger partial charge in [0.25, 0.3) is 5.69 Å². The Morgan fingerprint density at radius 2 is 2.11 bits per heavy atom. The van der Waals surface area contributed by atoms with Gasteiger partial charge in [-0.3, -0.25) is 14.9 Å². The van der Waals surface area contributed by atoms with E-state index in [0.717, 1.165) is 0 Å². The monoisotopic (exact) mass is 265 g/mol. The Hall–Kier alpha value is -2.31. The van der Waals surface area contributed by atoms with Crippen molar-refractivity contribution in [1.29, 1.82) is 0 Å². The smallest absolute Gasteiger partial charge is 0.273 e. The van der Waals surface area contributed by atoms with Crippen LogP contribution in [0.2, 0.25) is 0 Å². The summed E-state index contributed by atoms with van der Waals surface area (Å²) in [6.07, 6.45) is 0. The fraction of sp³-hybridized carbons (Fsp3) is 0.417. The van der Waals surface area contributed by atoms with Crippen LogP contribution in [0, 0.1) is 10.1 Å². The number of anilines is 1. The standard InChI is InChI=1S/C12H15N3O4/c1-13-5-6-14(8-12(13)16)10-4-3-9(15(17)18)7-11(10)19-2/h3-4,7H,5-6,8H2,1-2H3. The van der Waals surface area contributed by atoms with Gasteiger partial charge >= 0.3 is 0 Å². The fourth-order valence-corrected chi connectivity index (χ4v) is 2.01. The zero-order valence-electron chi connectivity index (χ0n) is 10.8. The summed E-state index contributed by atoms with van der Waals surface area (Å²) in [6.45, 7) is 1.56.